The lowest BCUT2D eigenvalue weighted by atomic mass is 10.1. The number of methoxy groups -OCH3 is 1. The molecule has 2 rings (SSSR count). The van der Waals surface area contributed by atoms with Crippen LogP contribution < -0.4 is 15.2 Å². The van der Waals surface area contributed by atoms with E-state index in [1.807, 2.05) is 6.92 Å². The molecular formula is C15H14N2O2. The minimum atomic E-state index is 0.503. The van der Waals surface area contributed by atoms with Crippen LogP contribution in [0.4, 0.5) is 5.69 Å². The van der Waals surface area contributed by atoms with Gasteiger partial charge in [0.1, 0.15) is 11.5 Å². The van der Waals surface area contributed by atoms with Crippen molar-refractivity contribution in [3.8, 4) is 23.3 Å². The fraction of sp³-hybridized carbons (Fsp3) is 0.133. The molecule has 0 amide bonds. The van der Waals surface area contributed by atoms with Crippen molar-refractivity contribution >= 4 is 5.69 Å². The molecule has 0 radical (unpaired) electrons. The van der Waals surface area contributed by atoms with E-state index < -0.39 is 0 Å². The van der Waals surface area contributed by atoms with Crippen LogP contribution in [0.2, 0.25) is 0 Å². The second-order valence-electron chi connectivity index (χ2n) is 4.10. The SMILES string of the molecule is COc1ccc(Oc2ccc(C#N)cc2C)c(N)c1. The number of benzene rings is 2. The summed E-state index contributed by atoms with van der Waals surface area (Å²) < 4.78 is 10.8. The Morgan fingerprint density at radius 1 is 1.11 bits per heavy atom. The Morgan fingerprint density at radius 3 is 2.42 bits per heavy atom. The third-order valence-corrected chi connectivity index (χ3v) is 2.74. The number of ether oxygens (including phenoxy) is 2. The van der Waals surface area contributed by atoms with Crippen molar-refractivity contribution in [2.75, 3.05) is 12.8 Å². The van der Waals surface area contributed by atoms with Crippen molar-refractivity contribution in [2.24, 2.45) is 0 Å². The zero-order valence-electron chi connectivity index (χ0n) is 10.8. The van der Waals surface area contributed by atoms with Crippen LogP contribution in [0.3, 0.4) is 0 Å². The average molecular weight is 254 g/mol. The molecule has 0 aliphatic rings. The number of hydrogen-bond donors (Lipinski definition) is 1. The van der Waals surface area contributed by atoms with E-state index in [2.05, 4.69) is 6.07 Å². The molecule has 2 aromatic carbocycles. The van der Waals surface area contributed by atoms with Gasteiger partial charge in [0.05, 0.1) is 24.4 Å². The highest BCUT2D eigenvalue weighted by Gasteiger charge is 2.06. The number of rotatable bonds is 3. The summed E-state index contributed by atoms with van der Waals surface area (Å²) in [5, 5.41) is 8.82. The Labute approximate surface area is 112 Å². The van der Waals surface area contributed by atoms with Crippen molar-refractivity contribution in [3.63, 3.8) is 0 Å². The van der Waals surface area contributed by atoms with Gasteiger partial charge in [-0.3, -0.25) is 0 Å². The molecule has 0 saturated heterocycles. The van der Waals surface area contributed by atoms with Crippen molar-refractivity contribution < 1.29 is 9.47 Å². The number of aryl methyl sites for hydroxylation is 1. The third-order valence-electron chi connectivity index (χ3n) is 2.74. The second kappa shape index (κ2) is 5.32. The van der Waals surface area contributed by atoms with E-state index in [0.29, 0.717) is 28.5 Å². The summed E-state index contributed by atoms with van der Waals surface area (Å²) in [4.78, 5) is 0. The van der Waals surface area contributed by atoms with Crippen LogP contribution in [0.5, 0.6) is 17.2 Å². The number of anilines is 1. The molecule has 2 N–H and O–H groups in total. The zero-order valence-corrected chi connectivity index (χ0v) is 10.8. The van der Waals surface area contributed by atoms with E-state index in [-0.39, 0.29) is 0 Å². The Morgan fingerprint density at radius 2 is 1.84 bits per heavy atom. The summed E-state index contributed by atoms with van der Waals surface area (Å²) >= 11 is 0. The van der Waals surface area contributed by atoms with Crippen LogP contribution in [0.15, 0.2) is 36.4 Å². The molecule has 0 fully saturated rings. The average Bonchev–Trinajstić information content (AvgIpc) is 2.42. The fourth-order valence-corrected chi connectivity index (χ4v) is 1.70. The maximum Gasteiger partial charge on any atom is 0.150 e. The molecule has 0 saturated carbocycles. The van der Waals surface area contributed by atoms with E-state index in [1.165, 1.54) is 0 Å². The molecule has 0 heterocycles. The van der Waals surface area contributed by atoms with Gasteiger partial charge in [0.25, 0.3) is 0 Å². The Bertz CT molecular complexity index is 645. The highest BCUT2D eigenvalue weighted by atomic mass is 16.5. The normalized spacial score (nSPS) is 9.74. The minimum absolute atomic E-state index is 0.503. The van der Waals surface area contributed by atoms with Crippen LogP contribution in [0.1, 0.15) is 11.1 Å². The lowest BCUT2D eigenvalue weighted by Crippen LogP contribution is -1.95. The number of nitrogens with two attached hydrogens (primary N) is 1. The van der Waals surface area contributed by atoms with Crippen molar-refractivity contribution in [3.05, 3.63) is 47.5 Å². The van der Waals surface area contributed by atoms with Crippen LogP contribution in [0, 0.1) is 18.3 Å². The predicted molar refractivity (Wildman–Crippen MR) is 73.4 cm³/mol. The van der Waals surface area contributed by atoms with Crippen LogP contribution >= 0.6 is 0 Å². The van der Waals surface area contributed by atoms with Gasteiger partial charge >= 0.3 is 0 Å². The summed E-state index contributed by atoms with van der Waals surface area (Å²) in [5.74, 6) is 1.92. The zero-order chi connectivity index (χ0) is 13.8. The molecule has 96 valence electrons. The molecule has 0 bridgehead atoms. The molecule has 2 aromatic rings. The highest BCUT2D eigenvalue weighted by molar-refractivity contribution is 5.58. The van der Waals surface area contributed by atoms with E-state index in [4.69, 9.17) is 20.5 Å². The van der Waals surface area contributed by atoms with Gasteiger partial charge < -0.3 is 15.2 Å². The van der Waals surface area contributed by atoms with Crippen LogP contribution in [0.25, 0.3) is 0 Å². The van der Waals surface area contributed by atoms with Gasteiger partial charge in [0.15, 0.2) is 5.75 Å². The Kier molecular flexibility index (Phi) is 3.58. The molecule has 4 heteroatoms. The maximum atomic E-state index is 8.82. The van der Waals surface area contributed by atoms with Crippen molar-refractivity contribution in [1.82, 2.24) is 0 Å². The molecule has 0 atom stereocenters. The van der Waals surface area contributed by atoms with E-state index in [9.17, 15) is 0 Å². The molecule has 4 nitrogen and oxygen atoms in total. The van der Waals surface area contributed by atoms with Gasteiger partial charge in [-0.05, 0) is 42.8 Å². The minimum Gasteiger partial charge on any atom is -0.497 e. The lowest BCUT2D eigenvalue weighted by Gasteiger charge is -2.11. The quantitative estimate of drug-likeness (QED) is 0.854. The summed E-state index contributed by atoms with van der Waals surface area (Å²) in [6, 6.07) is 12.6. The number of hydrogen-bond acceptors (Lipinski definition) is 4. The van der Waals surface area contributed by atoms with Gasteiger partial charge in [-0.2, -0.15) is 5.26 Å². The third kappa shape index (κ3) is 2.78. The molecule has 19 heavy (non-hydrogen) atoms. The number of nitrogen functional groups attached to an aromatic ring is 1. The maximum absolute atomic E-state index is 8.82. The first kappa shape index (κ1) is 12.8. The lowest BCUT2D eigenvalue weighted by molar-refractivity contribution is 0.413. The van der Waals surface area contributed by atoms with Crippen LogP contribution in [-0.2, 0) is 0 Å². The Hall–Kier alpha value is -2.67. The summed E-state index contributed by atoms with van der Waals surface area (Å²) in [7, 11) is 1.58. The van der Waals surface area contributed by atoms with E-state index in [1.54, 1.807) is 43.5 Å². The second-order valence-corrected chi connectivity index (χ2v) is 4.10. The monoisotopic (exact) mass is 254 g/mol. The standard InChI is InChI=1S/C15H14N2O2/c1-10-7-11(9-16)3-5-14(10)19-15-6-4-12(18-2)8-13(15)17/h3-8H,17H2,1-2H3. The highest BCUT2D eigenvalue weighted by Crippen LogP contribution is 2.32. The van der Waals surface area contributed by atoms with Gasteiger partial charge in [-0.15, -0.1) is 0 Å². The predicted octanol–water partition coefficient (Wildman–Crippen LogP) is 3.25. The molecule has 0 unspecified atom stereocenters. The smallest absolute Gasteiger partial charge is 0.150 e. The summed E-state index contributed by atoms with van der Waals surface area (Å²) in [6.45, 7) is 1.88. The van der Waals surface area contributed by atoms with E-state index in [0.717, 1.165) is 5.56 Å². The summed E-state index contributed by atoms with van der Waals surface area (Å²) in [5.41, 5.74) is 7.88. The van der Waals surface area contributed by atoms with Gasteiger partial charge in [0.2, 0.25) is 0 Å². The van der Waals surface area contributed by atoms with Crippen molar-refractivity contribution in [1.29, 1.82) is 5.26 Å². The van der Waals surface area contributed by atoms with Crippen molar-refractivity contribution in [2.45, 2.75) is 6.92 Å². The molecule has 0 aliphatic carbocycles. The van der Waals surface area contributed by atoms with Gasteiger partial charge in [0, 0.05) is 6.07 Å². The van der Waals surface area contributed by atoms with Gasteiger partial charge in [-0.1, -0.05) is 0 Å². The molecule has 0 spiro atoms. The number of nitriles is 1. The van der Waals surface area contributed by atoms with Crippen LogP contribution in [-0.4, -0.2) is 7.11 Å². The molecule has 0 aliphatic heterocycles. The first-order valence-electron chi connectivity index (χ1n) is 5.76. The van der Waals surface area contributed by atoms with Gasteiger partial charge in [-0.25, -0.2) is 0 Å². The number of nitrogens with zero attached hydrogens (tertiary/aromatic N) is 1. The molecular weight excluding hydrogens is 240 g/mol. The first-order valence-corrected chi connectivity index (χ1v) is 5.76. The largest absolute Gasteiger partial charge is 0.497 e. The topological polar surface area (TPSA) is 68.3 Å². The Balaban J connectivity index is 2.29. The van der Waals surface area contributed by atoms with E-state index >= 15 is 0 Å². The molecule has 0 aromatic heterocycles. The summed E-state index contributed by atoms with van der Waals surface area (Å²) in [6.07, 6.45) is 0. The fourth-order valence-electron chi connectivity index (χ4n) is 1.70. The first-order chi connectivity index (χ1) is 9.13.